The van der Waals surface area contributed by atoms with Gasteiger partial charge in [0, 0.05) is 6.42 Å². The van der Waals surface area contributed by atoms with Crippen LogP contribution in [0.25, 0.3) is 0 Å². The van der Waals surface area contributed by atoms with E-state index < -0.39 is 12.6 Å². The standard InChI is InChI=1S/C6H9F3O/c7-6(8,9)3-1-2-5-4-10-5/h5H,1-4H2. The van der Waals surface area contributed by atoms with Crippen molar-refractivity contribution in [2.24, 2.45) is 0 Å². The van der Waals surface area contributed by atoms with Crippen molar-refractivity contribution in [3.8, 4) is 0 Å². The Hall–Kier alpha value is -0.250. The minimum Gasteiger partial charge on any atom is -0.373 e. The molecular weight excluding hydrogens is 145 g/mol. The van der Waals surface area contributed by atoms with E-state index in [9.17, 15) is 13.2 Å². The quantitative estimate of drug-likeness (QED) is 0.567. The van der Waals surface area contributed by atoms with Gasteiger partial charge >= 0.3 is 6.18 Å². The lowest BCUT2D eigenvalue weighted by Gasteiger charge is -2.03. The van der Waals surface area contributed by atoms with E-state index in [1.807, 2.05) is 0 Å². The molecule has 1 aliphatic rings. The molecular formula is C6H9F3O. The summed E-state index contributed by atoms with van der Waals surface area (Å²) in [7, 11) is 0. The fraction of sp³-hybridized carbons (Fsp3) is 1.00. The third-order valence-electron chi connectivity index (χ3n) is 1.39. The van der Waals surface area contributed by atoms with Crippen molar-refractivity contribution < 1.29 is 17.9 Å². The average molecular weight is 154 g/mol. The van der Waals surface area contributed by atoms with Crippen molar-refractivity contribution in [1.29, 1.82) is 0 Å². The lowest BCUT2D eigenvalue weighted by molar-refractivity contribution is -0.135. The van der Waals surface area contributed by atoms with E-state index in [0.717, 1.165) is 0 Å². The van der Waals surface area contributed by atoms with Gasteiger partial charge in [0.1, 0.15) is 0 Å². The van der Waals surface area contributed by atoms with Crippen LogP contribution in [0.2, 0.25) is 0 Å². The Morgan fingerprint density at radius 3 is 2.40 bits per heavy atom. The van der Waals surface area contributed by atoms with Gasteiger partial charge in [-0.15, -0.1) is 0 Å². The molecule has 0 N–H and O–H groups in total. The largest absolute Gasteiger partial charge is 0.389 e. The van der Waals surface area contributed by atoms with Crippen LogP contribution in [0, 0.1) is 0 Å². The van der Waals surface area contributed by atoms with Crippen LogP contribution in [-0.2, 0) is 4.74 Å². The smallest absolute Gasteiger partial charge is 0.373 e. The van der Waals surface area contributed by atoms with E-state index >= 15 is 0 Å². The molecule has 0 saturated carbocycles. The topological polar surface area (TPSA) is 12.5 Å². The van der Waals surface area contributed by atoms with Crippen LogP contribution in [0.3, 0.4) is 0 Å². The molecule has 1 aliphatic heterocycles. The van der Waals surface area contributed by atoms with Gasteiger partial charge in [-0.3, -0.25) is 0 Å². The van der Waals surface area contributed by atoms with Crippen molar-refractivity contribution in [3.63, 3.8) is 0 Å². The summed E-state index contributed by atoms with van der Waals surface area (Å²) < 4.78 is 39.2. The first-order chi connectivity index (χ1) is 4.58. The summed E-state index contributed by atoms with van der Waals surface area (Å²) in [5.41, 5.74) is 0. The molecule has 1 saturated heterocycles. The lowest BCUT2D eigenvalue weighted by atomic mass is 10.2. The molecule has 0 amide bonds. The van der Waals surface area contributed by atoms with Crippen LogP contribution in [0.5, 0.6) is 0 Å². The molecule has 0 aliphatic carbocycles. The maximum atomic E-state index is 11.5. The molecule has 0 aromatic heterocycles. The van der Waals surface area contributed by atoms with Crippen LogP contribution < -0.4 is 0 Å². The van der Waals surface area contributed by atoms with E-state index in [1.165, 1.54) is 0 Å². The normalized spacial score (nSPS) is 24.9. The van der Waals surface area contributed by atoms with Crippen LogP contribution in [0.15, 0.2) is 0 Å². The van der Waals surface area contributed by atoms with Gasteiger partial charge in [-0.05, 0) is 12.8 Å². The van der Waals surface area contributed by atoms with Crippen LogP contribution >= 0.6 is 0 Å². The highest BCUT2D eigenvalue weighted by atomic mass is 19.4. The summed E-state index contributed by atoms with van der Waals surface area (Å²) in [6.07, 6.45) is -3.78. The molecule has 1 rings (SSSR count). The zero-order valence-corrected chi connectivity index (χ0v) is 5.45. The van der Waals surface area contributed by atoms with Gasteiger partial charge < -0.3 is 4.74 Å². The predicted octanol–water partition coefficient (Wildman–Crippen LogP) is 2.12. The number of epoxide rings is 1. The van der Waals surface area contributed by atoms with Gasteiger partial charge in [-0.25, -0.2) is 0 Å². The number of halogens is 3. The van der Waals surface area contributed by atoms with E-state index in [-0.39, 0.29) is 12.5 Å². The molecule has 0 bridgehead atoms. The van der Waals surface area contributed by atoms with Gasteiger partial charge in [0.2, 0.25) is 0 Å². The van der Waals surface area contributed by atoms with Gasteiger partial charge in [-0.1, -0.05) is 0 Å². The predicted molar refractivity (Wildman–Crippen MR) is 29.6 cm³/mol. The molecule has 1 fully saturated rings. The van der Waals surface area contributed by atoms with Gasteiger partial charge in [0.05, 0.1) is 12.7 Å². The highest BCUT2D eigenvalue weighted by Crippen LogP contribution is 2.25. The highest BCUT2D eigenvalue weighted by molar-refractivity contribution is 4.69. The second-order valence-electron chi connectivity index (χ2n) is 2.46. The van der Waals surface area contributed by atoms with Crippen LogP contribution in [0.1, 0.15) is 19.3 Å². The monoisotopic (exact) mass is 154 g/mol. The third kappa shape index (κ3) is 3.71. The third-order valence-corrected chi connectivity index (χ3v) is 1.39. The lowest BCUT2D eigenvalue weighted by Crippen LogP contribution is -2.06. The van der Waals surface area contributed by atoms with Crippen LogP contribution in [0.4, 0.5) is 13.2 Å². The van der Waals surface area contributed by atoms with Gasteiger partial charge in [0.15, 0.2) is 0 Å². The molecule has 60 valence electrons. The maximum Gasteiger partial charge on any atom is 0.389 e. The average Bonchev–Trinajstić information content (AvgIpc) is 2.45. The molecule has 0 aromatic rings. The van der Waals surface area contributed by atoms with E-state index in [4.69, 9.17) is 4.74 Å². The minimum atomic E-state index is -3.99. The van der Waals surface area contributed by atoms with Crippen LogP contribution in [-0.4, -0.2) is 18.9 Å². The highest BCUT2D eigenvalue weighted by Gasteiger charge is 2.29. The molecule has 1 atom stereocenters. The Balaban J connectivity index is 1.93. The second kappa shape index (κ2) is 2.78. The van der Waals surface area contributed by atoms with Gasteiger partial charge in [-0.2, -0.15) is 13.2 Å². The molecule has 0 radical (unpaired) electrons. The Bertz CT molecular complexity index is 106. The Kier molecular flexibility index (Phi) is 2.18. The van der Waals surface area contributed by atoms with Crippen molar-refractivity contribution >= 4 is 0 Å². The SMILES string of the molecule is FC(F)(F)CCCC1CO1. The van der Waals surface area contributed by atoms with E-state index in [0.29, 0.717) is 13.0 Å². The number of hydrogen-bond donors (Lipinski definition) is 0. The van der Waals surface area contributed by atoms with Crippen molar-refractivity contribution in [3.05, 3.63) is 0 Å². The maximum absolute atomic E-state index is 11.5. The number of hydrogen-bond acceptors (Lipinski definition) is 1. The summed E-state index contributed by atoms with van der Waals surface area (Å²) in [5, 5.41) is 0. The summed E-state index contributed by atoms with van der Waals surface area (Å²) in [5.74, 6) is 0. The Morgan fingerprint density at radius 2 is 2.00 bits per heavy atom. The molecule has 1 heterocycles. The van der Waals surface area contributed by atoms with E-state index in [1.54, 1.807) is 0 Å². The molecule has 0 aromatic carbocycles. The van der Waals surface area contributed by atoms with Crippen molar-refractivity contribution in [2.75, 3.05) is 6.61 Å². The first kappa shape index (κ1) is 7.85. The molecule has 0 spiro atoms. The zero-order chi connectivity index (χ0) is 7.61. The molecule has 1 unspecified atom stereocenters. The number of ether oxygens (including phenoxy) is 1. The molecule has 1 nitrogen and oxygen atoms in total. The zero-order valence-electron chi connectivity index (χ0n) is 5.45. The summed E-state index contributed by atoms with van der Waals surface area (Å²) in [6, 6.07) is 0. The summed E-state index contributed by atoms with van der Waals surface area (Å²) in [4.78, 5) is 0. The Morgan fingerprint density at radius 1 is 1.40 bits per heavy atom. The number of rotatable bonds is 3. The Labute approximate surface area is 57.2 Å². The first-order valence-corrected chi connectivity index (χ1v) is 3.26. The second-order valence-corrected chi connectivity index (χ2v) is 2.46. The van der Waals surface area contributed by atoms with Crippen molar-refractivity contribution in [2.45, 2.75) is 31.5 Å². The minimum absolute atomic E-state index is 0.127. The first-order valence-electron chi connectivity index (χ1n) is 3.26. The molecule has 4 heteroatoms. The summed E-state index contributed by atoms with van der Waals surface area (Å²) in [6.45, 7) is 0.651. The fourth-order valence-corrected chi connectivity index (χ4v) is 0.765. The summed E-state index contributed by atoms with van der Waals surface area (Å²) >= 11 is 0. The number of alkyl halides is 3. The fourth-order valence-electron chi connectivity index (χ4n) is 0.765. The van der Waals surface area contributed by atoms with E-state index in [2.05, 4.69) is 0 Å². The van der Waals surface area contributed by atoms with Gasteiger partial charge in [0.25, 0.3) is 0 Å². The molecule has 10 heavy (non-hydrogen) atoms. The van der Waals surface area contributed by atoms with Crippen molar-refractivity contribution in [1.82, 2.24) is 0 Å².